The molecule has 56 heavy (non-hydrogen) atoms. The van der Waals surface area contributed by atoms with E-state index in [1.807, 2.05) is 38.1 Å². The van der Waals surface area contributed by atoms with Crippen molar-refractivity contribution in [2.75, 3.05) is 19.6 Å². The molecule has 292 valence electrons. The molecule has 0 bridgehead atoms. The first-order valence-corrected chi connectivity index (χ1v) is 18.4. The maximum absolute atomic E-state index is 14.4. The van der Waals surface area contributed by atoms with Gasteiger partial charge in [0.15, 0.2) is 11.2 Å². The number of nitrogens with zero attached hydrogens (tertiary/aromatic N) is 3. The summed E-state index contributed by atoms with van der Waals surface area (Å²) in [6.07, 6.45) is -3.18. The molecule has 2 aliphatic rings. The van der Waals surface area contributed by atoms with Crippen LogP contribution < -0.4 is 10.1 Å². The van der Waals surface area contributed by atoms with Gasteiger partial charge in [-0.2, -0.15) is 22.0 Å². The third-order valence-electron chi connectivity index (χ3n) is 10.5. The predicted molar refractivity (Wildman–Crippen MR) is 199 cm³/mol. The maximum Gasteiger partial charge on any atom is 0.420 e. The summed E-state index contributed by atoms with van der Waals surface area (Å²) in [5.41, 5.74) is 4.61. The van der Waals surface area contributed by atoms with Gasteiger partial charge in [0.25, 0.3) is 0 Å². The fourth-order valence-electron chi connectivity index (χ4n) is 7.93. The molecule has 1 atom stereocenters. The molecule has 0 amide bonds. The molecule has 9 nitrogen and oxygen atoms in total. The Bertz CT molecular complexity index is 2460. The van der Waals surface area contributed by atoms with Crippen LogP contribution in [0.5, 0.6) is 5.75 Å². The summed E-state index contributed by atoms with van der Waals surface area (Å²) in [6, 6.07) is 16.2. The number of halogens is 5. The highest BCUT2D eigenvalue weighted by Gasteiger charge is 2.38. The molecule has 8 rings (SSSR count). The zero-order valence-electron chi connectivity index (χ0n) is 31.2. The van der Waals surface area contributed by atoms with Gasteiger partial charge in [0.05, 0.1) is 0 Å². The fraction of sp³-hybridized carbons (Fsp3) is 0.357. The Hall–Kier alpha value is -5.34. The van der Waals surface area contributed by atoms with E-state index in [1.54, 1.807) is 18.2 Å². The van der Waals surface area contributed by atoms with Gasteiger partial charge in [-0.05, 0) is 96.8 Å². The van der Waals surface area contributed by atoms with Crippen LogP contribution in [0.1, 0.15) is 54.5 Å². The Balaban J connectivity index is 1.12. The second-order valence-corrected chi connectivity index (χ2v) is 15.4. The molecule has 0 unspecified atom stereocenters. The summed E-state index contributed by atoms with van der Waals surface area (Å²) in [6.45, 7) is 7.25. The number of fused-ring (bicyclic) bond motifs is 2. The van der Waals surface area contributed by atoms with Gasteiger partial charge in [0, 0.05) is 42.4 Å². The van der Waals surface area contributed by atoms with Crippen LogP contribution in [-0.2, 0) is 28.9 Å². The SMILES string of the molecule is Cc1c(-c2nc3cc(COC(=O)[C@@H]4CCCN4)c(OC(F)F)cc3o2)cccc1-c1cccc(-c2nc3cc(CN4CC(C)(C)C4)cc(C(F)(F)F)c3o2)c1C. The van der Waals surface area contributed by atoms with Crippen LogP contribution in [0.3, 0.4) is 0 Å². The number of nitrogens with one attached hydrogen (secondary N) is 1. The lowest BCUT2D eigenvalue weighted by Gasteiger charge is -2.46. The van der Waals surface area contributed by atoms with Crippen molar-refractivity contribution in [3.8, 4) is 39.8 Å². The van der Waals surface area contributed by atoms with E-state index in [4.69, 9.17) is 18.3 Å². The lowest BCUT2D eigenvalue weighted by molar-refractivity contribution is -0.147. The number of hydrogen-bond acceptors (Lipinski definition) is 9. The average molecular weight is 775 g/mol. The molecule has 14 heteroatoms. The Morgan fingerprint density at radius 1 is 0.929 bits per heavy atom. The minimum absolute atomic E-state index is 0.0719. The van der Waals surface area contributed by atoms with E-state index in [9.17, 15) is 26.7 Å². The molecule has 6 aromatic rings. The summed E-state index contributed by atoms with van der Waals surface area (Å²) in [5.74, 6) is -0.381. The summed E-state index contributed by atoms with van der Waals surface area (Å²) in [4.78, 5) is 23.9. The molecule has 2 aromatic heterocycles. The highest BCUT2D eigenvalue weighted by molar-refractivity contribution is 5.86. The molecular weight excluding hydrogens is 735 g/mol. The first kappa shape index (κ1) is 37.6. The van der Waals surface area contributed by atoms with Crippen molar-refractivity contribution in [3.05, 3.63) is 88.5 Å². The normalized spacial score (nSPS) is 17.2. The zero-order chi connectivity index (χ0) is 39.5. The van der Waals surface area contributed by atoms with E-state index in [1.165, 1.54) is 12.1 Å². The third-order valence-corrected chi connectivity index (χ3v) is 10.5. The van der Waals surface area contributed by atoms with E-state index in [-0.39, 0.29) is 51.8 Å². The zero-order valence-corrected chi connectivity index (χ0v) is 31.2. The summed E-state index contributed by atoms with van der Waals surface area (Å²) in [7, 11) is 0. The van der Waals surface area contributed by atoms with E-state index in [0.717, 1.165) is 47.8 Å². The van der Waals surface area contributed by atoms with Crippen LogP contribution in [0.4, 0.5) is 22.0 Å². The first-order chi connectivity index (χ1) is 26.6. The number of oxazole rings is 2. The molecular formula is C42H39F5N4O5. The van der Waals surface area contributed by atoms with Gasteiger partial charge < -0.3 is 23.6 Å². The highest BCUT2D eigenvalue weighted by atomic mass is 19.4. The molecule has 1 N–H and O–H groups in total. The topological polar surface area (TPSA) is 103 Å². The Morgan fingerprint density at radius 2 is 1.57 bits per heavy atom. The van der Waals surface area contributed by atoms with Crippen molar-refractivity contribution in [2.45, 2.75) is 72.5 Å². The number of carbonyl (C=O) groups excluding carboxylic acids is 1. The van der Waals surface area contributed by atoms with Gasteiger partial charge in [-0.3, -0.25) is 9.69 Å². The average Bonchev–Trinajstić information content (AvgIpc) is 3.89. The van der Waals surface area contributed by atoms with Crippen LogP contribution in [0.25, 0.3) is 56.2 Å². The molecule has 2 fully saturated rings. The minimum atomic E-state index is -4.64. The predicted octanol–water partition coefficient (Wildman–Crippen LogP) is 9.84. The molecule has 4 heterocycles. The van der Waals surface area contributed by atoms with E-state index < -0.39 is 30.4 Å². The number of carbonyl (C=O) groups is 1. The summed E-state index contributed by atoms with van der Waals surface area (Å²) >= 11 is 0. The number of hydrogen-bond donors (Lipinski definition) is 1. The van der Waals surface area contributed by atoms with Crippen LogP contribution in [0.2, 0.25) is 0 Å². The van der Waals surface area contributed by atoms with Gasteiger partial charge in [-0.25, -0.2) is 9.97 Å². The van der Waals surface area contributed by atoms with Gasteiger partial charge in [0.2, 0.25) is 11.8 Å². The third kappa shape index (κ3) is 7.35. The van der Waals surface area contributed by atoms with Crippen molar-refractivity contribution < 1.29 is 45.1 Å². The first-order valence-electron chi connectivity index (χ1n) is 18.4. The van der Waals surface area contributed by atoms with Crippen LogP contribution in [0.15, 0.2) is 69.5 Å². The molecule has 0 saturated carbocycles. The van der Waals surface area contributed by atoms with Crippen molar-refractivity contribution in [2.24, 2.45) is 5.41 Å². The molecule has 0 aliphatic carbocycles. The summed E-state index contributed by atoms with van der Waals surface area (Å²) < 4.78 is 92.1. The number of esters is 1. The van der Waals surface area contributed by atoms with Gasteiger partial charge in [-0.1, -0.05) is 38.1 Å². The largest absolute Gasteiger partial charge is 0.460 e. The molecule has 2 saturated heterocycles. The number of benzene rings is 4. The quantitative estimate of drug-likeness (QED) is 0.108. The Morgan fingerprint density at radius 3 is 2.18 bits per heavy atom. The number of alkyl halides is 5. The molecule has 0 spiro atoms. The summed E-state index contributed by atoms with van der Waals surface area (Å²) in [5, 5.41) is 3.05. The Kier molecular flexibility index (Phi) is 9.60. The van der Waals surface area contributed by atoms with Crippen molar-refractivity contribution in [3.63, 3.8) is 0 Å². The maximum atomic E-state index is 14.4. The van der Waals surface area contributed by atoms with Gasteiger partial charge >= 0.3 is 18.8 Å². The van der Waals surface area contributed by atoms with Gasteiger partial charge in [-0.15, -0.1) is 0 Å². The Labute approximate surface area is 318 Å². The van der Waals surface area contributed by atoms with E-state index in [2.05, 4.69) is 34.0 Å². The van der Waals surface area contributed by atoms with Crippen molar-refractivity contribution in [1.82, 2.24) is 20.2 Å². The van der Waals surface area contributed by atoms with Gasteiger partial charge in [0.1, 0.15) is 35.0 Å². The minimum Gasteiger partial charge on any atom is -0.460 e. The molecule has 0 radical (unpaired) electrons. The monoisotopic (exact) mass is 774 g/mol. The van der Waals surface area contributed by atoms with Crippen molar-refractivity contribution >= 4 is 28.2 Å². The number of aromatic nitrogens is 2. The van der Waals surface area contributed by atoms with Crippen molar-refractivity contribution in [1.29, 1.82) is 0 Å². The smallest absolute Gasteiger partial charge is 0.420 e. The lowest BCUT2D eigenvalue weighted by atomic mass is 9.84. The number of likely N-dealkylation sites (tertiary alicyclic amines) is 1. The van der Waals surface area contributed by atoms with Crippen LogP contribution >= 0.6 is 0 Å². The standard InChI is InChI=1S/C42H39F5N4O5/c1-22-26(8-5-10-28(22)37-49-32-16-25(19-53-39(52)31-12-7-13-48-31)34(55-40(43)44)17-35(32)54-37)27-9-6-11-29(23(27)2)38-50-33-15-24(18-51-20-41(3,4)21-51)14-30(36(33)56-38)42(45,46)47/h5-6,8-11,14-17,31,40,48H,7,12-13,18-21H2,1-4H3/t31-/m0/s1. The lowest BCUT2D eigenvalue weighted by Crippen LogP contribution is -2.52. The van der Waals surface area contributed by atoms with Crippen LogP contribution in [-0.4, -0.2) is 53.1 Å². The van der Waals surface area contributed by atoms with E-state index in [0.29, 0.717) is 41.7 Å². The molecule has 4 aromatic carbocycles. The fourth-order valence-corrected chi connectivity index (χ4v) is 7.93. The number of rotatable bonds is 10. The molecule has 2 aliphatic heterocycles. The highest BCUT2D eigenvalue weighted by Crippen LogP contribution is 2.42. The second kappa shape index (κ2) is 14.3. The second-order valence-electron chi connectivity index (χ2n) is 15.4. The number of ether oxygens (including phenoxy) is 2. The van der Waals surface area contributed by atoms with Crippen LogP contribution in [0, 0.1) is 19.3 Å². The van der Waals surface area contributed by atoms with E-state index >= 15 is 0 Å².